The highest BCUT2D eigenvalue weighted by Crippen LogP contribution is 2.26. The van der Waals surface area contributed by atoms with Gasteiger partial charge in [0.2, 0.25) is 11.8 Å². The molecule has 2 atom stereocenters. The summed E-state index contributed by atoms with van der Waals surface area (Å²) in [6.07, 6.45) is 0.965. The van der Waals surface area contributed by atoms with E-state index in [1.165, 1.54) is 29.2 Å². The van der Waals surface area contributed by atoms with Crippen LogP contribution in [0.4, 0.5) is 5.69 Å². The minimum atomic E-state index is -4.19. The molecular weight excluding hydrogens is 662 g/mol. The number of hydrogen-bond donors (Lipinski definition) is 1. The molecule has 2 amide bonds. The predicted octanol–water partition coefficient (Wildman–Crippen LogP) is 6.85. The van der Waals surface area contributed by atoms with E-state index in [-0.39, 0.29) is 29.8 Å². The number of para-hydroxylation sites is 1. The van der Waals surface area contributed by atoms with Crippen LogP contribution in [0.15, 0.2) is 119 Å². The van der Waals surface area contributed by atoms with Gasteiger partial charge in [0.25, 0.3) is 10.0 Å². The summed E-state index contributed by atoms with van der Waals surface area (Å²) in [5.74, 6) is -0.824. The first-order valence-electron chi connectivity index (χ1n) is 14.3. The fourth-order valence-electron chi connectivity index (χ4n) is 4.64. The van der Waals surface area contributed by atoms with E-state index in [1.54, 1.807) is 30.3 Å². The van der Waals surface area contributed by atoms with Gasteiger partial charge in [-0.2, -0.15) is 0 Å². The molecule has 4 rings (SSSR count). The van der Waals surface area contributed by atoms with Crippen LogP contribution in [-0.2, 0) is 32.6 Å². The number of sulfonamides is 1. The Morgan fingerprint density at radius 1 is 0.841 bits per heavy atom. The van der Waals surface area contributed by atoms with Crippen LogP contribution in [0, 0.1) is 0 Å². The first-order chi connectivity index (χ1) is 21.1. The Morgan fingerprint density at radius 2 is 1.43 bits per heavy atom. The van der Waals surface area contributed by atoms with Crippen molar-refractivity contribution < 1.29 is 18.0 Å². The normalized spacial score (nSPS) is 12.6. The second kappa shape index (κ2) is 15.4. The summed E-state index contributed by atoms with van der Waals surface area (Å²) >= 11 is 9.49. The van der Waals surface area contributed by atoms with Crippen LogP contribution in [-0.4, -0.2) is 43.8 Å². The molecule has 1 N–H and O–H groups in total. The molecule has 4 aromatic carbocycles. The quantitative estimate of drug-likeness (QED) is 0.166. The van der Waals surface area contributed by atoms with Crippen molar-refractivity contribution >= 4 is 55.1 Å². The van der Waals surface area contributed by atoms with Gasteiger partial charge in [-0.15, -0.1) is 0 Å². The standard InChI is InChI=1S/C34H35BrClN3O4S/c1-3-25(2)37-34(41)32(22-26-10-6-4-7-11-26)38(23-27-14-16-28(35)17-15-27)33(40)24-39(30-12-8-5-9-13-30)44(42,43)31-20-18-29(36)19-21-31/h4-21,25,32H,3,22-24H2,1-2H3,(H,37,41)/t25-,32-/m1/s1. The van der Waals surface area contributed by atoms with Crippen molar-refractivity contribution in [2.24, 2.45) is 0 Å². The first-order valence-corrected chi connectivity index (χ1v) is 16.9. The predicted molar refractivity (Wildman–Crippen MR) is 179 cm³/mol. The lowest BCUT2D eigenvalue weighted by Crippen LogP contribution is -2.54. The number of rotatable bonds is 13. The molecule has 0 saturated carbocycles. The fourth-order valence-corrected chi connectivity index (χ4v) is 6.44. The molecule has 0 heterocycles. The number of carbonyl (C=O) groups excluding carboxylic acids is 2. The maximum absolute atomic E-state index is 14.4. The Bertz CT molecular complexity index is 1640. The molecule has 0 bridgehead atoms. The summed E-state index contributed by atoms with van der Waals surface area (Å²) in [5.41, 5.74) is 1.99. The van der Waals surface area contributed by atoms with Gasteiger partial charge < -0.3 is 10.2 Å². The third-order valence-corrected chi connectivity index (χ3v) is 9.83. The summed E-state index contributed by atoms with van der Waals surface area (Å²) < 4.78 is 30.0. The average molecular weight is 697 g/mol. The number of hydrogen-bond acceptors (Lipinski definition) is 4. The van der Waals surface area contributed by atoms with E-state index in [1.807, 2.05) is 68.4 Å². The van der Waals surface area contributed by atoms with Gasteiger partial charge in [0.1, 0.15) is 12.6 Å². The average Bonchev–Trinajstić information content (AvgIpc) is 3.03. The zero-order valence-corrected chi connectivity index (χ0v) is 27.7. The number of carbonyl (C=O) groups is 2. The van der Waals surface area contributed by atoms with Crippen molar-refractivity contribution in [3.63, 3.8) is 0 Å². The Hall–Kier alpha value is -3.66. The number of halogens is 2. The molecule has 10 heteroatoms. The molecule has 0 aliphatic carbocycles. The maximum Gasteiger partial charge on any atom is 0.264 e. The van der Waals surface area contributed by atoms with Gasteiger partial charge in [0.05, 0.1) is 10.6 Å². The molecule has 0 aliphatic heterocycles. The number of amides is 2. The van der Waals surface area contributed by atoms with Gasteiger partial charge in [-0.05, 0) is 73.0 Å². The molecular formula is C34H35BrClN3O4S. The Morgan fingerprint density at radius 3 is 2.02 bits per heavy atom. The molecule has 0 spiro atoms. The van der Waals surface area contributed by atoms with E-state index < -0.39 is 28.5 Å². The molecule has 0 fully saturated rings. The summed E-state index contributed by atoms with van der Waals surface area (Å²) in [7, 11) is -4.19. The van der Waals surface area contributed by atoms with Gasteiger partial charge in [-0.1, -0.05) is 95.1 Å². The number of benzene rings is 4. The Labute approximate surface area is 273 Å². The maximum atomic E-state index is 14.4. The van der Waals surface area contributed by atoms with Crippen molar-refractivity contribution in [3.8, 4) is 0 Å². The largest absolute Gasteiger partial charge is 0.352 e. The molecule has 44 heavy (non-hydrogen) atoms. The SMILES string of the molecule is CC[C@@H](C)NC(=O)[C@@H](Cc1ccccc1)N(Cc1ccc(Br)cc1)C(=O)CN(c1ccccc1)S(=O)(=O)c1ccc(Cl)cc1. The van der Waals surface area contributed by atoms with E-state index in [2.05, 4.69) is 21.2 Å². The lowest BCUT2D eigenvalue weighted by Gasteiger charge is -2.34. The van der Waals surface area contributed by atoms with Crippen molar-refractivity contribution in [1.82, 2.24) is 10.2 Å². The molecule has 7 nitrogen and oxygen atoms in total. The minimum Gasteiger partial charge on any atom is -0.352 e. The highest BCUT2D eigenvalue weighted by Gasteiger charge is 2.35. The summed E-state index contributed by atoms with van der Waals surface area (Å²) in [6.45, 7) is 3.46. The van der Waals surface area contributed by atoms with Gasteiger partial charge >= 0.3 is 0 Å². The highest BCUT2D eigenvalue weighted by molar-refractivity contribution is 9.10. The molecule has 0 radical (unpaired) electrons. The number of anilines is 1. The monoisotopic (exact) mass is 695 g/mol. The molecule has 0 aromatic heterocycles. The van der Waals surface area contributed by atoms with E-state index in [0.29, 0.717) is 17.1 Å². The smallest absolute Gasteiger partial charge is 0.264 e. The first kappa shape index (κ1) is 33.2. The van der Waals surface area contributed by atoms with Crippen LogP contribution < -0.4 is 9.62 Å². The number of nitrogens with one attached hydrogen (secondary N) is 1. The van der Waals surface area contributed by atoms with Gasteiger partial charge in [0, 0.05) is 28.5 Å². The Kier molecular flexibility index (Phi) is 11.6. The van der Waals surface area contributed by atoms with Crippen molar-refractivity contribution in [1.29, 1.82) is 0 Å². The lowest BCUT2D eigenvalue weighted by molar-refractivity contribution is -0.140. The second-order valence-corrected chi connectivity index (χ2v) is 13.7. The highest BCUT2D eigenvalue weighted by atomic mass is 79.9. The molecule has 230 valence electrons. The Balaban J connectivity index is 1.78. The van der Waals surface area contributed by atoms with Crippen LogP contribution in [0.1, 0.15) is 31.4 Å². The van der Waals surface area contributed by atoms with Crippen molar-refractivity contribution in [2.75, 3.05) is 10.8 Å². The topological polar surface area (TPSA) is 86.8 Å². The molecule has 4 aromatic rings. The van der Waals surface area contributed by atoms with E-state index in [4.69, 9.17) is 11.6 Å². The molecule has 0 aliphatic rings. The third-order valence-electron chi connectivity index (χ3n) is 7.26. The van der Waals surface area contributed by atoms with E-state index in [9.17, 15) is 18.0 Å². The zero-order chi connectivity index (χ0) is 31.7. The third kappa shape index (κ3) is 8.71. The van der Waals surface area contributed by atoms with Crippen LogP contribution in [0.3, 0.4) is 0 Å². The minimum absolute atomic E-state index is 0.00615. The van der Waals surface area contributed by atoms with Crippen LogP contribution in [0.5, 0.6) is 0 Å². The fraction of sp³-hybridized carbons (Fsp3) is 0.235. The van der Waals surface area contributed by atoms with Gasteiger partial charge in [-0.3, -0.25) is 13.9 Å². The number of nitrogens with zero attached hydrogens (tertiary/aromatic N) is 2. The van der Waals surface area contributed by atoms with Crippen LogP contribution in [0.2, 0.25) is 5.02 Å². The van der Waals surface area contributed by atoms with Crippen LogP contribution >= 0.6 is 27.5 Å². The summed E-state index contributed by atoms with van der Waals surface area (Å²) in [6, 6.07) is 30.2. The van der Waals surface area contributed by atoms with Crippen molar-refractivity contribution in [3.05, 3.63) is 130 Å². The van der Waals surface area contributed by atoms with Gasteiger partial charge in [-0.25, -0.2) is 8.42 Å². The van der Waals surface area contributed by atoms with E-state index in [0.717, 1.165) is 19.9 Å². The second-order valence-electron chi connectivity index (χ2n) is 10.5. The summed E-state index contributed by atoms with van der Waals surface area (Å²) in [4.78, 5) is 29.8. The molecule has 0 unspecified atom stereocenters. The van der Waals surface area contributed by atoms with Crippen molar-refractivity contribution in [2.45, 2.75) is 50.2 Å². The van der Waals surface area contributed by atoms with Gasteiger partial charge in [0.15, 0.2) is 0 Å². The molecule has 0 saturated heterocycles. The van der Waals surface area contributed by atoms with E-state index >= 15 is 0 Å². The summed E-state index contributed by atoms with van der Waals surface area (Å²) in [5, 5.41) is 3.43. The zero-order valence-electron chi connectivity index (χ0n) is 24.6. The lowest BCUT2D eigenvalue weighted by atomic mass is 10.0. The van der Waals surface area contributed by atoms with Crippen LogP contribution in [0.25, 0.3) is 0 Å².